The number of para-hydroxylation sites is 1. The number of hydrogen-bond donors (Lipinski definition) is 0. The molecule has 1 aliphatic rings. The highest BCUT2D eigenvalue weighted by atomic mass is 16.5. The molecule has 0 fully saturated rings. The van der Waals surface area contributed by atoms with Gasteiger partial charge in [0.15, 0.2) is 5.78 Å². The van der Waals surface area contributed by atoms with Crippen LogP contribution in [0.25, 0.3) is 0 Å². The summed E-state index contributed by atoms with van der Waals surface area (Å²) in [4.78, 5) is 21.2. The monoisotopic (exact) mass is 268 g/mol. The summed E-state index contributed by atoms with van der Waals surface area (Å²) >= 11 is 0. The van der Waals surface area contributed by atoms with Gasteiger partial charge in [-0.1, -0.05) is 26.0 Å². The SMILES string of the molecule is CC(C)(c1cnccn1)C1COc2ccccc2C1=O. The summed E-state index contributed by atoms with van der Waals surface area (Å²) in [6, 6.07) is 7.38. The van der Waals surface area contributed by atoms with Crippen molar-refractivity contribution >= 4 is 5.78 Å². The molecular weight excluding hydrogens is 252 g/mol. The minimum atomic E-state index is -0.418. The fraction of sp³-hybridized carbons (Fsp3) is 0.312. The lowest BCUT2D eigenvalue weighted by Crippen LogP contribution is -2.42. The van der Waals surface area contributed by atoms with Crippen LogP contribution in [-0.4, -0.2) is 22.4 Å². The second kappa shape index (κ2) is 4.71. The Morgan fingerprint density at radius 3 is 2.80 bits per heavy atom. The van der Waals surface area contributed by atoms with Gasteiger partial charge in [0, 0.05) is 24.0 Å². The molecule has 0 saturated carbocycles. The van der Waals surface area contributed by atoms with Crippen LogP contribution in [0.1, 0.15) is 29.9 Å². The van der Waals surface area contributed by atoms with Crippen LogP contribution in [0.2, 0.25) is 0 Å². The Morgan fingerprint density at radius 1 is 1.25 bits per heavy atom. The topological polar surface area (TPSA) is 52.1 Å². The molecule has 0 radical (unpaired) electrons. The first kappa shape index (κ1) is 12.8. The maximum absolute atomic E-state index is 12.7. The Labute approximate surface area is 117 Å². The Bertz CT molecular complexity index is 638. The number of fused-ring (bicyclic) bond motifs is 1. The van der Waals surface area contributed by atoms with E-state index in [9.17, 15) is 4.79 Å². The Balaban J connectivity index is 1.98. The Kier molecular flexibility index (Phi) is 3.01. The molecule has 20 heavy (non-hydrogen) atoms. The quantitative estimate of drug-likeness (QED) is 0.840. The van der Waals surface area contributed by atoms with Crippen molar-refractivity contribution < 1.29 is 9.53 Å². The molecule has 4 heteroatoms. The standard InChI is InChI=1S/C16H16N2O2/c1-16(2,14-9-17-7-8-18-14)12-10-20-13-6-4-3-5-11(13)15(12)19/h3-9,12H,10H2,1-2H3. The summed E-state index contributed by atoms with van der Waals surface area (Å²) < 4.78 is 5.75. The van der Waals surface area contributed by atoms with Crippen molar-refractivity contribution in [2.24, 2.45) is 5.92 Å². The predicted molar refractivity (Wildman–Crippen MR) is 74.8 cm³/mol. The number of ether oxygens (including phenoxy) is 1. The maximum atomic E-state index is 12.7. The maximum Gasteiger partial charge on any atom is 0.174 e. The lowest BCUT2D eigenvalue weighted by atomic mass is 9.72. The zero-order valence-electron chi connectivity index (χ0n) is 11.5. The van der Waals surface area contributed by atoms with Crippen molar-refractivity contribution in [3.8, 4) is 5.75 Å². The van der Waals surface area contributed by atoms with Crippen molar-refractivity contribution in [2.75, 3.05) is 6.61 Å². The largest absolute Gasteiger partial charge is 0.492 e. The van der Waals surface area contributed by atoms with Gasteiger partial charge in [0.25, 0.3) is 0 Å². The van der Waals surface area contributed by atoms with E-state index in [-0.39, 0.29) is 11.7 Å². The molecule has 0 spiro atoms. The zero-order valence-corrected chi connectivity index (χ0v) is 11.5. The van der Waals surface area contributed by atoms with Crippen LogP contribution in [0.5, 0.6) is 5.75 Å². The number of rotatable bonds is 2. The van der Waals surface area contributed by atoms with Gasteiger partial charge in [-0.05, 0) is 12.1 Å². The van der Waals surface area contributed by atoms with Crippen LogP contribution in [0, 0.1) is 5.92 Å². The van der Waals surface area contributed by atoms with E-state index in [0.717, 1.165) is 5.69 Å². The van der Waals surface area contributed by atoms with E-state index in [2.05, 4.69) is 9.97 Å². The minimum Gasteiger partial charge on any atom is -0.492 e. The summed E-state index contributed by atoms with van der Waals surface area (Å²) in [6.45, 7) is 4.40. The molecule has 2 heterocycles. The molecule has 0 N–H and O–H groups in total. The summed E-state index contributed by atoms with van der Waals surface area (Å²) in [5.74, 6) is 0.528. The molecule has 0 saturated heterocycles. The van der Waals surface area contributed by atoms with Gasteiger partial charge in [-0.3, -0.25) is 14.8 Å². The van der Waals surface area contributed by atoms with Gasteiger partial charge < -0.3 is 4.74 Å². The van der Waals surface area contributed by atoms with Gasteiger partial charge in [0.1, 0.15) is 5.75 Å². The molecule has 1 unspecified atom stereocenters. The molecule has 1 aromatic carbocycles. The first-order chi connectivity index (χ1) is 9.60. The van der Waals surface area contributed by atoms with Crippen molar-refractivity contribution in [3.63, 3.8) is 0 Å². The van der Waals surface area contributed by atoms with Gasteiger partial charge >= 0.3 is 0 Å². The van der Waals surface area contributed by atoms with Gasteiger partial charge in [0.05, 0.1) is 23.8 Å². The smallest absolute Gasteiger partial charge is 0.174 e. The lowest BCUT2D eigenvalue weighted by Gasteiger charge is -2.35. The highest BCUT2D eigenvalue weighted by molar-refractivity contribution is 6.02. The van der Waals surface area contributed by atoms with Crippen molar-refractivity contribution in [1.29, 1.82) is 0 Å². The molecule has 0 amide bonds. The fourth-order valence-electron chi connectivity index (χ4n) is 2.58. The third kappa shape index (κ3) is 1.97. The molecule has 102 valence electrons. The number of Topliss-reactive ketones (excluding diaryl/α,β-unsaturated/α-hetero) is 1. The van der Waals surface area contributed by atoms with E-state index >= 15 is 0 Å². The molecule has 0 aliphatic carbocycles. The molecule has 1 aromatic heterocycles. The lowest BCUT2D eigenvalue weighted by molar-refractivity contribution is 0.0732. The molecular formula is C16H16N2O2. The van der Waals surface area contributed by atoms with Crippen LogP contribution in [0.15, 0.2) is 42.9 Å². The average Bonchev–Trinajstić information content (AvgIpc) is 2.48. The molecule has 2 aromatic rings. The Hall–Kier alpha value is -2.23. The van der Waals surface area contributed by atoms with E-state index < -0.39 is 5.41 Å². The van der Waals surface area contributed by atoms with Crippen molar-refractivity contribution in [1.82, 2.24) is 9.97 Å². The number of ketones is 1. The van der Waals surface area contributed by atoms with Gasteiger partial charge in [0.2, 0.25) is 0 Å². The number of benzene rings is 1. The molecule has 1 atom stereocenters. The van der Waals surface area contributed by atoms with E-state index in [1.807, 2.05) is 38.1 Å². The molecule has 4 nitrogen and oxygen atoms in total. The van der Waals surface area contributed by atoms with Crippen LogP contribution < -0.4 is 4.74 Å². The molecule has 3 rings (SSSR count). The predicted octanol–water partition coefficient (Wildman–Crippen LogP) is 2.65. The normalized spacial score (nSPS) is 18.3. The summed E-state index contributed by atoms with van der Waals surface area (Å²) in [5.41, 5.74) is 1.04. The zero-order chi connectivity index (χ0) is 14.2. The third-order valence-corrected chi connectivity index (χ3v) is 3.97. The first-order valence-electron chi connectivity index (χ1n) is 6.63. The van der Waals surface area contributed by atoms with Crippen LogP contribution in [0.3, 0.4) is 0 Å². The van der Waals surface area contributed by atoms with Crippen LogP contribution in [-0.2, 0) is 5.41 Å². The van der Waals surface area contributed by atoms with Crippen LogP contribution in [0.4, 0.5) is 0 Å². The second-order valence-electron chi connectivity index (χ2n) is 5.54. The number of carbonyl (C=O) groups is 1. The molecule has 0 bridgehead atoms. The van der Waals surface area contributed by atoms with Crippen LogP contribution >= 0.6 is 0 Å². The molecule has 1 aliphatic heterocycles. The van der Waals surface area contributed by atoms with Crippen molar-refractivity contribution in [2.45, 2.75) is 19.3 Å². The van der Waals surface area contributed by atoms with Gasteiger partial charge in [-0.25, -0.2) is 0 Å². The summed E-state index contributed by atoms with van der Waals surface area (Å²) in [7, 11) is 0. The Morgan fingerprint density at radius 2 is 2.05 bits per heavy atom. The number of nitrogens with zero attached hydrogens (tertiary/aromatic N) is 2. The van der Waals surface area contributed by atoms with E-state index in [0.29, 0.717) is 17.9 Å². The van der Waals surface area contributed by atoms with E-state index in [1.165, 1.54) is 0 Å². The number of aromatic nitrogens is 2. The second-order valence-corrected chi connectivity index (χ2v) is 5.54. The highest BCUT2D eigenvalue weighted by Gasteiger charge is 2.41. The fourth-order valence-corrected chi connectivity index (χ4v) is 2.58. The highest BCUT2D eigenvalue weighted by Crippen LogP contribution is 2.37. The van der Waals surface area contributed by atoms with Gasteiger partial charge in [-0.15, -0.1) is 0 Å². The van der Waals surface area contributed by atoms with E-state index in [4.69, 9.17) is 4.74 Å². The third-order valence-electron chi connectivity index (χ3n) is 3.97. The first-order valence-corrected chi connectivity index (χ1v) is 6.63. The van der Waals surface area contributed by atoms with Gasteiger partial charge in [-0.2, -0.15) is 0 Å². The number of carbonyl (C=O) groups excluding carboxylic acids is 1. The van der Waals surface area contributed by atoms with E-state index in [1.54, 1.807) is 18.6 Å². The summed E-state index contributed by atoms with van der Waals surface area (Å²) in [6.07, 6.45) is 5.00. The minimum absolute atomic E-state index is 0.113. The number of hydrogen-bond acceptors (Lipinski definition) is 4. The summed E-state index contributed by atoms with van der Waals surface area (Å²) in [5, 5.41) is 0. The van der Waals surface area contributed by atoms with Crippen molar-refractivity contribution in [3.05, 3.63) is 54.1 Å². The average molecular weight is 268 g/mol.